The Morgan fingerprint density at radius 3 is 2.33 bits per heavy atom. The molecule has 0 aliphatic heterocycles. The fourth-order valence-corrected chi connectivity index (χ4v) is 1.38. The number of carbonyl (C=O) groups excluding carboxylic acids is 1. The van der Waals surface area contributed by atoms with Gasteiger partial charge in [0, 0.05) is 6.54 Å². The summed E-state index contributed by atoms with van der Waals surface area (Å²) in [4.78, 5) is 10.6. The predicted molar refractivity (Wildman–Crippen MR) is 59.6 cm³/mol. The maximum absolute atomic E-state index is 11.9. The highest BCUT2D eigenvalue weighted by molar-refractivity contribution is 5.81. The minimum atomic E-state index is -4.86. The number of benzene rings is 1. The summed E-state index contributed by atoms with van der Waals surface area (Å²) in [6.07, 6.45) is -4.88. The van der Waals surface area contributed by atoms with E-state index in [1.54, 1.807) is 29.6 Å². The van der Waals surface area contributed by atoms with Crippen molar-refractivity contribution in [3.05, 3.63) is 35.4 Å². The number of halogens is 3. The Morgan fingerprint density at radius 2 is 1.89 bits per heavy atom. The molecule has 2 N–H and O–H groups in total. The second kappa shape index (κ2) is 5.86. The molecule has 3 nitrogen and oxygen atoms in total. The summed E-state index contributed by atoms with van der Waals surface area (Å²) in [6.45, 7) is 1.63. The van der Waals surface area contributed by atoms with Crippen molar-refractivity contribution in [1.29, 1.82) is 0 Å². The number of nitrogens with one attached hydrogen (secondary N) is 1. The van der Waals surface area contributed by atoms with E-state index in [-0.39, 0.29) is 6.54 Å². The zero-order valence-corrected chi connectivity index (χ0v) is 9.79. The van der Waals surface area contributed by atoms with Crippen LogP contribution in [-0.4, -0.2) is 17.2 Å². The average Bonchev–Trinajstić information content (AvgIpc) is 2.34. The van der Waals surface area contributed by atoms with Crippen molar-refractivity contribution in [2.45, 2.75) is 32.2 Å². The third-order valence-electron chi connectivity index (χ3n) is 2.46. The number of aliphatic hydroxyl groups excluding tert-OH is 1. The Kier molecular flexibility index (Phi) is 4.72. The molecule has 0 spiro atoms. The predicted octanol–water partition coefficient (Wildman–Crippen LogP) is 2.31. The van der Waals surface area contributed by atoms with Crippen molar-refractivity contribution in [2.75, 3.05) is 0 Å². The maximum Gasteiger partial charge on any atom is 0.471 e. The van der Waals surface area contributed by atoms with Gasteiger partial charge in [-0.1, -0.05) is 31.2 Å². The lowest BCUT2D eigenvalue weighted by Crippen LogP contribution is -2.36. The van der Waals surface area contributed by atoms with Crippen molar-refractivity contribution in [3.63, 3.8) is 0 Å². The Bertz CT molecular complexity index is 401. The number of amides is 1. The van der Waals surface area contributed by atoms with Gasteiger partial charge in [-0.25, -0.2) is 0 Å². The number of rotatable bonds is 4. The Labute approximate surface area is 103 Å². The summed E-state index contributed by atoms with van der Waals surface area (Å²) in [5, 5.41) is 11.3. The second-order valence-electron chi connectivity index (χ2n) is 3.85. The molecule has 0 saturated carbocycles. The smallest absolute Gasteiger partial charge is 0.388 e. The second-order valence-corrected chi connectivity index (χ2v) is 3.85. The molecular formula is C12H14F3NO2. The molecule has 0 radical (unpaired) electrons. The van der Waals surface area contributed by atoms with Crippen molar-refractivity contribution in [1.82, 2.24) is 5.32 Å². The molecule has 0 saturated heterocycles. The van der Waals surface area contributed by atoms with E-state index in [0.29, 0.717) is 17.5 Å². The summed E-state index contributed by atoms with van der Waals surface area (Å²) < 4.78 is 35.8. The van der Waals surface area contributed by atoms with E-state index in [4.69, 9.17) is 0 Å². The van der Waals surface area contributed by atoms with Crippen LogP contribution < -0.4 is 5.32 Å². The van der Waals surface area contributed by atoms with Crippen LogP contribution in [0.15, 0.2) is 24.3 Å². The van der Waals surface area contributed by atoms with Crippen LogP contribution in [0.4, 0.5) is 13.2 Å². The first-order valence-corrected chi connectivity index (χ1v) is 5.46. The maximum atomic E-state index is 11.9. The first-order valence-electron chi connectivity index (χ1n) is 5.46. The fraction of sp³-hybridized carbons (Fsp3) is 0.417. The molecule has 0 aliphatic carbocycles. The lowest BCUT2D eigenvalue weighted by Gasteiger charge is -2.10. The summed E-state index contributed by atoms with van der Waals surface area (Å²) in [7, 11) is 0. The molecule has 0 aliphatic rings. The van der Waals surface area contributed by atoms with Gasteiger partial charge in [0.1, 0.15) is 0 Å². The molecule has 1 aromatic carbocycles. The first-order chi connectivity index (χ1) is 8.34. The van der Waals surface area contributed by atoms with E-state index in [1.807, 2.05) is 6.92 Å². The number of aliphatic hydroxyl groups is 1. The van der Waals surface area contributed by atoms with Gasteiger partial charge in [0.15, 0.2) is 0 Å². The van der Waals surface area contributed by atoms with Crippen LogP contribution in [0.25, 0.3) is 0 Å². The van der Waals surface area contributed by atoms with Gasteiger partial charge in [-0.15, -0.1) is 0 Å². The molecule has 1 unspecified atom stereocenters. The van der Waals surface area contributed by atoms with E-state index < -0.39 is 18.2 Å². The van der Waals surface area contributed by atoms with E-state index in [9.17, 15) is 23.1 Å². The Morgan fingerprint density at radius 1 is 1.33 bits per heavy atom. The summed E-state index contributed by atoms with van der Waals surface area (Å²) in [6, 6.07) is 6.40. The minimum absolute atomic E-state index is 0.194. The number of carbonyl (C=O) groups is 1. The van der Waals surface area contributed by atoms with Crippen molar-refractivity contribution < 1.29 is 23.1 Å². The van der Waals surface area contributed by atoms with E-state index in [2.05, 4.69) is 0 Å². The summed E-state index contributed by atoms with van der Waals surface area (Å²) in [5.41, 5.74) is 1.24. The van der Waals surface area contributed by atoms with Crippen LogP contribution in [0, 0.1) is 0 Å². The minimum Gasteiger partial charge on any atom is -0.388 e. The zero-order chi connectivity index (χ0) is 13.8. The Hall–Kier alpha value is -1.56. The third-order valence-corrected chi connectivity index (χ3v) is 2.46. The molecule has 1 atom stereocenters. The average molecular weight is 261 g/mol. The van der Waals surface area contributed by atoms with Gasteiger partial charge in [-0.05, 0) is 17.5 Å². The van der Waals surface area contributed by atoms with Crippen LogP contribution >= 0.6 is 0 Å². The molecule has 6 heteroatoms. The highest BCUT2D eigenvalue weighted by Gasteiger charge is 2.38. The third kappa shape index (κ3) is 4.03. The fourth-order valence-electron chi connectivity index (χ4n) is 1.38. The van der Waals surface area contributed by atoms with Crippen LogP contribution in [-0.2, 0) is 11.3 Å². The molecule has 1 rings (SSSR count). The highest BCUT2D eigenvalue weighted by atomic mass is 19.4. The van der Waals surface area contributed by atoms with Gasteiger partial charge in [-0.3, -0.25) is 4.79 Å². The number of hydrogen-bond acceptors (Lipinski definition) is 2. The van der Waals surface area contributed by atoms with Gasteiger partial charge in [0.05, 0.1) is 6.10 Å². The lowest BCUT2D eigenvalue weighted by molar-refractivity contribution is -0.173. The zero-order valence-electron chi connectivity index (χ0n) is 9.79. The molecule has 1 amide bonds. The van der Waals surface area contributed by atoms with Gasteiger partial charge in [0.25, 0.3) is 0 Å². The van der Waals surface area contributed by atoms with Crippen LogP contribution in [0.3, 0.4) is 0 Å². The first kappa shape index (κ1) is 14.5. The monoisotopic (exact) mass is 261 g/mol. The number of alkyl halides is 3. The van der Waals surface area contributed by atoms with Gasteiger partial charge >= 0.3 is 12.1 Å². The van der Waals surface area contributed by atoms with Crippen LogP contribution in [0.2, 0.25) is 0 Å². The SMILES string of the molecule is CCC(O)c1ccc(CNC(=O)C(F)(F)F)cc1. The van der Waals surface area contributed by atoms with E-state index in [1.165, 1.54) is 0 Å². The molecule has 1 aromatic rings. The quantitative estimate of drug-likeness (QED) is 0.873. The van der Waals surface area contributed by atoms with Gasteiger partial charge in [0.2, 0.25) is 0 Å². The topological polar surface area (TPSA) is 49.3 Å². The van der Waals surface area contributed by atoms with Crippen molar-refractivity contribution in [2.24, 2.45) is 0 Å². The van der Waals surface area contributed by atoms with Crippen molar-refractivity contribution >= 4 is 5.91 Å². The molecule has 18 heavy (non-hydrogen) atoms. The summed E-state index contributed by atoms with van der Waals surface area (Å²) in [5.74, 6) is -1.96. The van der Waals surface area contributed by atoms with E-state index in [0.717, 1.165) is 0 Å². The molecule has 0 aromatic heterocycles. The highest BCUT2D eigenvalue weighted by Crippen LogP contribution is 2.17. The normalized spacial score (nSPS) is 13.2. The van der Waals surface area contributed by atoms with Gasteiger partial charge in [-0.2, -0.15) is 13.2 Å². The number of hydrogen-bond donors (Lipinski definition) is 2. The molecule has 100 valence electrons. The Balaban J connectivity index is 2.57. The lowest BCUT2D eigenvalue weighted by atomic mass is 10.1. The summed E-state index contributed by atoms with van der Waals surface area (Å²) >= 11 is 0. The van der Waals surface area contributed by atoms with E-state index >= 15 is 0 Å². The van der Waals surface area contributed by atoms with Crippen LogP contribution in [0.5, 0.6) is 0 Å². The standard InChI is InChI=1S/C12H14F3NO2/c1-2-10(17)9-5-3-8(4-6-9)7-16-11(18)12(13,14)15/h3-6,10,17H,2,7H2,1H3,(H,16,18). The van der Waals surface area contributed by atoms with Crippen LogP contribution in [0.1, 0.15) is 30.6 Å². The molecule has 0 fully saturated rings. The van der Waals surface area contributed by atoms with Gasteiger partial charge < -0.3 is 10.4 Å². The molecule has 0 heterocycles. The van der Waals surface area contributed by atoms with Crippen molar-refractivity contribution in [3.8, 4) is 0 Å². The molecular weight excluding hydrogens is 247 g/mol. The largest absolute Gasteiger partial charge is 0.471 e. The molecule has 0 bridgehead atoms.